The van der Waals surface area contributed by atoms with Crippen molar-refractivity contribution in [3.8, 4) is 0 Å². The van der Waals surface area contributed by atoms with Crippen LogP contribution in [0.25, 0.3) is 0 Å². The van der Waals surface area contributed by atoms with Crippen LogP contribution in [0.4, 0.5) is 0 Å². The number of aromatic amines is 1. The van der Waals surface area contributed by atoms with Crippen LogP contribution < -0.4 is 10.9 Å². The standard InChI is InChI=1S/C23H29N3O2/c1-2-14-26(18-11-12-18)15-17-10-13-20(22(27)24-17)23(28)25-21-9-5-7-16-6-3-4-8-19(16)21/h3-4,6,8,10,13,18,21H,2,5,7,9,11-12,14-15H2,1H3,(H,24,27)(H,25,28). The average molecular weight is 380 g/mol. The third-order valence-corrected chi connectivity index (χ3v) is 5.84. The maximum absolute atomic E-state index is 12.8. The van der Waals surface area contributed by atoms with Crippen LogP contribution in [-0.2, 0) is 13.0 Å². The summed E-state index contributed by atoms with van der Waals surface area (Å²) in [7, 11) is 0. The zero-order valence-corrected chi connectivity index (χ0v) is 16.5. The number of pyridine rings is 1. The van der Waals surface area contributed by atoms with Gasteiger partial charge in [-0.25, -0.2) is 0 Å². The van der Waals surface area contributed by atoms with Crippen LogP contribution in [0.1, 0.15) is 72.2 Å². The maximum atomic E-state index is 12.8. The fourth-order valence-electron chi connectivity index (χ4n) is 4.26. The fourth-order valence-corrected chi connectivity index (χ4v) is 4.26. The molecule has 0 radical (unpaired) electrons. The van der Waals surface area contributed by atoms with Crippen molar-refractivity contribution < 1.29 is 4.79 Å². The molecule has 1 unspecified atom stereocenters. The van der Waals surface area contributed by atoms with E-state index in [-0.39, 0.29) is 23.1 Å². The monoisotopic (exact) mass is 379 g/mol. The number of fused-ring (bicyclic) bond motifs is 1. The first-order valence-electron chi connectivity index (χ1n) is 10.5. The Hall–Kier alpha value is -2.40. The number of benzene rings is 1. The van der Waals surface area contributed by atoms with Gasteiger partial charge in [-0.2, -0.15) is 0 Å². The van der Waals surface area contributed by atoms with Gasteiger partial charge in [0.05, 0.1) is 6.04 Å². The fraction of sp³-hybridized carbons (Fsp3) is 0.478. The molecule has 28 heavy (non-hydrogen) atoms. The van der Waals surface area contributed by atoms with Gasteiger partial charge in [-0.05, 0) is 68.3 Å². The van der Waals surface area contributed by atoms with E-state index in [1.165, 1.54) is 24.0 Å². The quantitative estimate of drug-likeness (QED) is 0.773. The Labute approximate surface area is 166 Å². The zero-order valence-electron chi connectivity index (χ0n) is 16.5. The van der Waals surface area contributed by atoms with Crippen LogP contribution in [0.15, 0.2) is 41.2 Å². The zero-order chi connectivity index (χ0) is 19.5. The van der Waals surface area contributed by atoms with Crippen LogP contribution >= 0.6 is 0 Å². The van der Waals surface area contributed by atoms with E-state index in [4.69, 9.17) is 0 Å². The van der Waals surface area contributed by atoms with E-state index in [0.717, 1.165) is 44.5 Å². The normalized spacial score (nSPS) is 18.7. The van der Waals surface area contributed by atoms with Crippen LogP contribution in [-0.4, -0.2) is 28.4 Å². The largest absolute Gasteiger partial charge is 0.345 e. The summed E-state index contributed by atoms with van der Waals surface area (Å²) in [6.07, 6.45) is 6.59. The van der Waals surface area contributed by atoms with Gasteiger partial charge in [-0.15, -0.1) is 0 Å². The molecule has 5 heteroatoms. The van der Waals surface area contributed by atoms with Crippen LogP contribution in [0.5, 0.6) is 0 Å². The lowest BCUT2D eigenvalue weighted by atomic mass is 9.87. The lowest BCUT2D eigenvalue weighted by molar-refractivity contribution is 0.0931. The lowest BCUT2D eigenvalue weighted by Gasteiger charge is -2.26. The summed E-state index contributed by atoms with van der Waals surface area (Å²) in [5.74, 6) is -0.290. The third-order valence-electron chi connectivity index (χ3n) is 5.84. The predicted octanol–water partition coefficient (Wildman–Crippen LogP) is 3.56. The summed E-state index contributed by atoms with van der Waals surface area (Å²) in [4.78, 5) is 30.7. The Bertz CT molecular complexity index is 901. The van der Waals surface area contributed by atoms with Crippen LogP contribution in [0.2, 0.25) is 0 Å². The number of carbonyl (C=O) groups is 1. The molecule has 148 valence electrons. The molecule has 1 aromatic carbocycles. The first-order chi connectivity index (χ1) is 13.7. The summed E-state index contributed by atoms with van der Waals surface area (Å²) in [6.45, 7) is 3.95. The van der Waals surface area contributed by atoms with Crippen molar-refractivity contribution in [2.45, 2.75) is 64.1 Å². The molecule has 2 aromatic rings. The number of nitrogens with zero attached hydrogens (tertiary/aromatic N) is 1. The third kappa shape index (κ3) is 4.20. The minimum atomic E-state index is -0.300. The predicted molar refractivity (Wildman–Crippen MR) is 110 cm³/mol. The second kappa shape index (κ2) is 8.31. The Kier molecular flexibility index (Phi) is 5.62. The second-order valence-corrected chi connectivity index (χ2v) is 8.05. The maximum Gasteiger partial charge on any atom is 0.261 e. The van der Waals surface area contributed by atoms with Crippen molar-refractivity contribution in [2.24, 2.45) is 0 Å². The van der Waals surface area contributed by atoms with E-state index in [1.807, 2.05) is 18.2 Å². The highest BCUT2D eigenvalue weighted by atomic mass is 16.2. The molecular formula is C23H29N3O2. The SMILES string of the molecule is CCCN(Cc1ccc(C(=O)NC2CCCc3ccccc32)c(=O)[nH]1)C1CC1. The topological polar surface area (TPSA) is 65.2 Å². The molecule has 1 saturated carbocycles. The Morgan fingerprint density at radius 3 is 2.75 bits per heavy atom. The van der Waals surface area contributed by atoms with Gasteiger partial charge in [0.25, 0.3) is 11.5 Å². The molecule has 0 bridgehead atoms. The van der Waals surface area contributed by atoms with Gasteiger partial charge in [-0.1, -0.05) is 31.2 Å². The minimum Gasteiger partial charge on any atom is -0.345 e. The van der Waals surface area contributed by atoms with Crippen molar-refractivity contribution in [3.05, 3.63) is 69.1 Å². The summed E-state index contributed by atoms with van der Waals surface area (Å²) in [5, 5.41) is 3.07. The van der Waals surface area contributed by atoms with Crippen molar-refractivity contribution in [1.29, 1.82) is 0 Å². The Morgan fingerprint density at radius 1 is 1.18 bits per heavy atom. The number of hydrogen-bond acceptors (Lipinski definition) is 3. The molecule has 1 heterocycles. The molecule has 1 aromatic heterocycles. The lowest BCUT2D eigenvalue weighted by Crippen LogP contribution is -2.35. The molecule has 2 N–H and O–H groups in total. The van der Waals surface area contributed by atoms with E-state index in [1.54, 1.807) is 6.07 Å². The number of rotatable bonds is 7. The van der Waals surface area contributed by atoms with E-state index >= 15 is 0 Å². The molecule has 5 nitrogen and oxygen atoms in total. The molecule has 0 saturated heterocycles. The van der Waals surface area contributed by atoms with Gasteiger partial charge in [0, 0.05) is 18.3 Å². The molecule has 4 rings (SSSR count). The first-order valence-corrected chi connectivity index (χ1v) is 10.5. The smallest absolute Gasteiger partial charge is 0.261 e. The molecule has 1 amide bonds. The first kappa shape index (κ1) is 18.9. The Morgan fingerprint density at radius 2 is 2.00 bits per heavy atom. The minimum absolute atomic E-state index is 0.0218. The number of carbonyl (C=O) groups excluding carboxylic acids is 1. The number of aryl methyl sites for hydroxylation is 1. The number of aromatic nitrogens is 1. The van der Waals surface area contributed by atoms with Gasteiger partial charge in [-0.3, -0.25) is 14.5 Å². The molecule has 0 spiro atoms. The van der Waals surface area contributed by atoms with Gasteiger partial charge < -0.3 is 10.3 Å². The van der Waals surface area contributed by atoms with E-state index < -0.39 is 0 Å². The molecule has 0 aliphatic heterocycles. The van der Waals surface area contributed by atoms with Crippen LogP contribution in [0.3, 0.4) is 0 Å². The average Bonchev–Trinajstić information content (AvgIpc) is 3.53. The Balaban J connectivity index is 1.46. The summed E-state index contributed by atoms with van der Waals surface area (Å²) >= 11 is 0. The van der Waals surface area contributed by atoms with Crippen molar-refractivity contribution in [2.75, 3.05) is 6.54 Å². The summed E-state index contributed by atoms with van der Waals surface area (Å²) in [5.41, 5.74) is 3.24. The second-order valence-electron chi connectivity index (χ2n) is 8.05. The van der Waals surface area contributed by atoms with E-state index in [9.17, 15) is 9.59 Å². The van der Waals surface area contributed by atoms with E-state index in [0.29, 0.717) is 6.04 Å². The number of hydrogen-bond donors (Lipinski definition) is 2. The number of nitrogens with one attached hydrogen (secondary N) is 2. The summed E-state index contributed by atoms with van der Waals surface area (Å²) in [6, 6.07) is 12.4. The molecule has 1 atom stereocenters. The highest BCUT2D eigenvalue weighted by Crippen LogP contribution is 2.30. The van der Waals surface area contributed by atoms with Gasteiger partial charge in [0.1, 0.15) is 5.56 Å². The molecule has 2 aliphatic carbocycles. The van der Waals surface area contributed by atoms with Crippen molar-refractivity contribution in [1.82, 2.24) is 15.2 Å². The summed E-state index contributed by atoms with van der Waals surface area (Å²) < 4.78 is 0. The highest BCUT2D eigenvalue weighted by Gasteiger charge is 2.28. The van der Waals surface area contributed by atoms with Crippen LogP contribution in [0, 0.1) is 0 Å². The highest BCUT2D eigenvalue weighted by molar-refractivity contribution is 5.94. The molecule has 2 aliphatic rings. The number of H-pyrrole nitrogens is 1. The van der Waals surface area contributed by atoms with Gasteiger partial charge in [0.15, 0.2) is 0 Å². The van der Waals surface area contributed by atoms with E-state index in [2.05, 4.69) is 34.3 Å². The number of amides is 1. The van der Waals surface area contributed by atoms with Gasteiger partial charge >= 0.3 is 0 Å². The van der Waals surface area contributed by atoms with Crippen molar-refractivity contribution in [3.63, 3.8) is 0 Å². The van der Waals surface area contributed by atoms with Gasteiger partial charge in [0.2, 0.25) is 0 Å². The molecule has 1 fully saturated rings. The molecular weight excluding hydrogens is 350 g/mol. The van der Waals surface area contributed by atoms with Crippen molar-refractivity contribution >= 4 is 5.91 Å².